The number of para-hydroxylation sites is 1. The minimum absolute atomic E-state index is 0.0793. The van der Waals surface area contributed by atoms with Crippen LogP contribution in [0.5, 0.6) is 5.75 Å². The first-order valence-electron chi connectivity index (χ1n) is 11.7. The normalized spacial score (nSPS) is 14.3. The molecule has 0 unspecified atom stereocenters. The predicted octanol–water partition coefficient (Wildman–Crippen LogP) is 5.18. The molecule has 180 valence electrons. The molecule has 1 aliphatic rings. The highest BCUT2D eigenvalue weighted by atomic mass is 35.5. The summed E-state index contributed by atoms with van der Waals surface area (Å²) in [5, 5.41) is 3.97. The molecule has 8 heteroatoms. The Morgan fingerprint density at radius 1 is 1.06 bits per heavy atom. The lowest BCUT2D eigenvalue weighted by Gasteiger charge is -2.36. The van der Waals surface area contributed by atoms with Gasteiger partial charge in [-0.1, -0.05) is 29.8 Å². The van der Waals surface area contributed by atoms with Crippen molar-refractivity contribution >= 4 is 45.4 Å². The fourth-order valence-electron chi connectivity index (χ4n) is 4.39. The van der Waals surface area contributed by atoms with E-state index in [1.165, 1.54) is 17.0 Å². The number of nitrogens with zero attached hydrogens (tertiary/aromatic N) is 3. The number of piperazine rings is 1. The summed E-state index contributed by atoms with van der Waals surface area (Å²) >= 11 is 7.59. The maximum atomic E-state index is 13.2. The predicted molar refractivity (Wildman–Crippen MR) is 144 cm³/mol. The molecule has 1 amide bonds. The van der Waals surface area contributed by atoms with Gasteiger partial charge in [0.2, 0.25) is 0 Å². The van der Waals surface area contributed by atoms with E-state index in [1.54, 1.807) is 7.11 Å². The molecule has 1 N–H and O–H groups in total. The molecule has 3 heterocycles. The van der Waals surface area contributed by atoms with Crippen molar-refractivity contribution in [1.82, 2.24) is 15.2 Å². The SMILES string of the molecule is COc1ccc(N2CCN(CCNC(=O)c3cc(-c4ccc(Cl)s4)nc4ccccc34)CC2)cc1. The zero-order chi connectivity index (χ0) is 24.2. The maximum absolute atomic E-state index is 13.2. The number of rotatable bonds is 7. The molecule has 4 aromatic rings. The molecular formula is C27H27ClN4O2S. The summed E-state index contributed by atoms with van der Waals surface area (Å²) < 4.78 is 5.96. The lowest BCUT2D eigenvalue weighted by molar-refractivity contribution is 0.0949. The molecule has 1 saturated heterocycles. The second-order valence-corrected chi connectivity index (χ2v) is 10.2. The summed E-state index contributed by atoms with van der Waals surface area (Å²) in [6.45, 7) is 5.26. The molecular weight excluding hydrogens is 480 g/mol. The Hall–Kier alpha value is -3.13. The average Bonchev–Trinajstić information content (AvgIpc) is 3.34. The monoisotopic (exact) mass is 506 g/mol. The van der Waals surface area contributed by atoms with E-state index >= 15 is 0 Å². The van der Waals surface area contributed by atoms with E-state index in [-0.39, 0.29) is 5.91 Å². The van der Waals surface area contributed by atoms with E-state index in [0.717, 1.165) is 59.9 Å². The van der Waals surface area contributed by atoms with Crippen LogP contribution in [0.3, 0.4) is 0 Å². The zero-order valence-corrected chi connectivity index (χ0v) is 21.1. The van der Waals surface area contributed by atoms with Crippen LogP contribution in [-0.4, -0.2) is 62.2 Å². The number of nitrogens with one attached hydrogen (secondary N) is 1. The number of hydrogen-bond acceptors (Lipinski definition) is 6. The second-order valence-electron chi connectivity index (χ2n) is 8.46. The van der Waals surface area contributed by atoms with Gasteiger partial charge in [0, 0.05) is 50.3 Å². The van der Waals surface area contributed by atoms with Crippen molar-refractivity contribution in [2.24, 2.45) is 0 Å². The lowest BCUT2D eigenvalue weighted by atomic mass is 10.1. The Kier molecular flexibility index (Phi) is 7.18. The van der Waals surface area contributed by atoms with Crippen LogP contribution >= 0.6 is 22.9 Å². The lowest BCUT2D eigenvalue weighted by Crippen LogP contribution is -2.48. The number of amides is 1. The van der Waals surface area contributed by atoms with Crippen LogP contribution in [0.15, 0.2) is 66.7 Å². The molecule has 1 aliphatic heterocycles. The third-order valence-electron chi connectivity index (χ3n) is 6.31. The highest BCUT2D eigenvalue weighted by molar-refractivity contribution is 7.19. The van der Waals surface area contributed by atoms with Gasteiger partial charge in [-0.2, -0.15) is 0 Å². The molecule has 0 bridgehead atoms. The minimum atomic E-state index is -0.0793. The number of methoxy groups -OCH3 is 1. The van der Waals surface area contributed by atoms with Crippen molar-refractivity contribution in [1.29, 1.82) is 0 Å². The zero-order valence-electron chi connectivity index (χ0n) is 19.5. The van der Waals surface area contributed by atoms with Crippen molar-refractivity contribution in [2.45, 2.75) is 0 Å². The first-order chi connectivity index (χ1) is 17.1. The van der Waals surface area contributed by atoms with Gasteiger partial charge in [-0.25, -0.2) is 4.98 Å². The van der Waals surface area contributed by atoms with Gasteiger partial charge in [0.25, 0.3) is 5.91 Å². The molecule has 0 saturated carbocycles. The second kappa shape index (κ2) is 10.6. The molecule has 5 rings (SSSR count). The molecule has 0 aliphatic carbocycles. The van der Waals surface area contributed by atoms with Gasteiger partial charge in [-0.15, -0.1) is 11.3 Å². The van der Waals surface area contributed by atoms with E-state index in [2.05, 4.69) is 27.2 Å². The number of hydrogen-bond donors (Lipinski definition) is 1. The van der Waals surface area contributed by atoms with Crippen LogP contribution in [0, 0.1) is 0 Å². The van der Waals surface area contributed by atoms with Gasteiger partial charge in [0.15, 0.2) is 0 Å². The van der Waals surface area contributed by atoms with Crippen molar-refractivity contribution in [3.05, 3.63) is 76.6 Å². The molecule has 2 aromatic carbocycles. The van der Waals surface area contributed by atoms with Crippen molar-refractivity contribution in [3.63, 3.8) is 0 Å². The highest BCUT2D eigenvalue weighted by Gasteiger charge is 2.18. The summed E-state index contributed by atoms with van der Waals surface area (Å²) in [4.78, 5) is 23.7. The number of fused-ring (bicyclic) bond motifs is 1. The Balaban J connectivity index is 1.19. The first kappa shape index (κ1) is 23.6. The van der Waals surface area contributed by atoms with E-state index in [4.69, 9.17) is 21.3 Å². The van der Waals surface area contributed by atoms with Crippen LogP contribution < -0.4 is 15.0 Å². The number of thiophene rings is 1. The Bertz CT molecular complexity index is 1320. The summed E-state index contributed by atoms with van der Waals surface area (Å²) in [6, 6.07) is 21.6. The smallest absolute Gasteiger partial charge is 0.252 e. The van der Waals surface area contributed by atoms with Crippen LogP contribution in [0.1, 0.15) is 10.4 Å². The third-order valence-corrected chi connectivity index (χ3v) is 7.56. The van der Waals surface area contributed by atoms with Gasteiger partial charge < -0.3 is 15.0 Å². The third kappa shape index (κ3) is 5.42. The Labute approximate surface area is 214 Å². The fourth-order valence-corrected chi connectivity index (χ4v) is 5.39. The van der Waals surface area contributed by atoms with Crippen molar-refractivity contribution in [3.8, 4) is 16.3 Å². The Morgan fingerprint density at radius 3 is 2.54 bits per heavy atom. The van der Waals surface area contributed by atoms with Crippen LogP contribution in [0.4, 0.5) is 5.69 Å². The van der Waals surface area contributed by atoms with Gasteiger partial charge in [0.1, 0.15) is 5.75 Å². The van der Waals surface area contributed by atoms with Crippen LogP contribution in [-0.2, 0) is 0 Å². The molecule has 1 fully saturated rings. The summed E-state index contributed by atoms with van der Waals surface area (Å²) in [7, 11) is 1.68. The quantitative estimate of drug-likeness (QED) is 0.374. The molecule has 0 atom stereocenters. The highest BCUT2D eigenvalue weighted by Crippen LogP contribution is 2.32. The number of carbonyl (C=O) groups excluding carboxylic acids is 1. The molecule has 0 radical (unpaired) electrons. The number of ether oxygens (including phenoxy) is 1. The summed E-state index contributed by atoms with van der Waals surface area (Å²) in [5.74, 6) is 0.792. The van der Waals surface area contributed by atoms with E-state index in [1.807, 2.05) is 54.6 Å². The van der Waals surface area contributed by atoms with Crippen LogP contribution in [0.25, 0.3) is 21.5 Å². The molecule has 2 aromatic heterocycles. The van der Waals surface area contributed by atoms with Gasteiger partial charge in [-0.05, 0) is 48.5 Å². The van der Waals surface area contributed by atoms with Crippen molar-refractivity contribution < 1.29 is 9.53 Å². The number of aromatic nitrogens is 1. The molecule has 35 heavy (non-hydrogen) atoms. The van der Waals surface area contributed by atoms with Crippen LogP contribution in [0.2, 0.25) is 4.34 Å². The number of benzene rings is 2. The van der Waals surface area contributed by atoms with E-state index in [9.17, 15) is 4.79 Å². The summed E-state index contributed by atoms with van der Waals surface area (Å²) in [6.07, 6.45) is 0. The topological polar surface area (TPSA) is 57.7 Å². The first-order valence-corrected chi connectivity index (χ1v) is 12.9. The van der Waals surface area contributed by atoms with E-state index < -0.39 is 0 Å². The number of pyridine rings is 1. The number of anilines is 1. The molecule has 6 nitrogen and oxygen atoms in total. The van der Waals surface area contributed by atoms with Gasteiger partial charge in [-0.3, -0.25) is 9.69 Å². The number of carbonyl (C=O) groups is 1. The summed E-state index contributed by atoms with van der Waals surface area (Å²) in [5.41, 5.74) is 3.42. The van der Waals surface area contributed by atoms with E-state index in [0.29, 0.717) is 16.4 Å². The van der Waals surface area contributed by atoms with Gasteiger partial charge >= 0.3 is 0 Å². The fraction of sp³-hybridized carbons (Fsp3) is 0.259. The van der Waals surface area contributed by atoms with Gasteiger partial charge in [0.05, 0.1) is 33.1 Å². The molecule has 0 spiro atoms. The maximum Gasteiger partial charge on any atom is 0.252 e. The number of halogens is 1. The van der Waals surface area contributed by atoms with Crippen molar-refractivity contribution in [2.75, 3.05) is 51.3 Å². The average molecular weight is 507 g/mol. The minimum Gasteiger partial charge on any atom is -0.497 e. The Morgan fingerprint density at radius 2 is 1.83 bits per heavy atom. The largest absolute Gasteiger partial charge is 0.497 e. The standard InChI is InChI=1S/C27H27ClN4O2S/c1-34-20-8-6-19(7-9-20)32-16-14-31(15-17-32)13-12-29-27(33)22-18-24(25-10-11-26(28)35-25)30-23-5-3-2-4-21(22)23/h2-11,18H,12-17H2,1H3,(H,29,33).